The highest BCUT2D eigenvalue weighted by atomic mass is 16.3. The van der Waals surface area contributed by atoms with Gasteiger partial charge in [-0.15, -0.1) is 0 Å². The van der Waals surface area contributed by atoms with Crippen LogP contribution < -0.4 is 0 Å². The SMILES string of the molecule is CCC(=O)/C=C/C(=O)C(C)C.CCC(=O)C(C)C.CCC(=O)C(O)CC(=O)C(C)C.CCCC(=O)C(C)C. The molecule has 1 unspecified atom stereocenters. The molecule has 0 spiro atoms. The number of hydrogen-bond acceptors (Lipinski definition) is 7. The zero-order valence-electron chi connectivity index (χ0n) is 26.2. The largest absolute Gasteiger partial charge is 0.385 e. The zero-order chi connectivity index (χ0) is 31.0. The molecule has 0 saturated carbocycles. The minimum atomic E-state index is -1.09. The maximum absolute atomic E-state index is 11.1. The second kappa shape index (κ2) is 26.3. The van der Waals surface area contributed by atoms with E-state index in [-0.39, 0.29) is 59.6 Å². The molecule has 0 aromatic carbocycles. The van der Waals surface area contributed by atoms with Crippen LogP contribution in [0.25, 0.3) is 0 Å². The summed E-state index contributed by atoms with van der Waals surface area (Å²) in [5.41, 5.74) is 0. The van der Waals surface area contributed by atoms with Crippen molar-refractivity contribution in [2.24, 2.45) is 23.7 Å². The third-order valence-electron chi connectivity index (χ3n) is 5.24. The van der Waals surface area contributed by atoms with E-state index in [4.69, 9.17) is 5.11 Å². The van der Waals surface area contributed by atoms with E-state index >= 15 is 0 Å². The highest BCUT2D eigenvalue weighted by Gasteiger charge is 2.18. The van der Waals surface area contributed by atoms with Crippen LogP contribution in [0.5, 0.6) is 0 Å². The van der Waals surface area contributed by atoms with Crippen LogP contribution in [0.15, 0.2) is 12.2 Å². The quantitative estimate of drug-likeness (QED) is 0.256. The number of aliphatic hydroxyl groups is 1. The molecule has 0 rings (SSSR count). The standard InChI is InChI=1S/C9H16O3.C9H14O2.C7H14O.C6H12O/c1-4-7(10)9(12)5-8(11)6(2)3;1-4-8(10)5-6-9(11)7(2)3;1-4-5-7(8)6(2)3;1-4-6(7)5(2)3/h6,9,12H,4-5H2,1-3H3;5-7H,4H2,1-3H3;6H,4-5H2,1-3H3;5H,4H2,1-3H3/b;6-5+;;. The average Bonchev–Trinajstić information content (AvgIpc) is 2.86. The van der Waals surface area contributed by atoms with Crippen molar-refractivity contribution >= 4 is 34.7 Å². The first kappa shape index (κ1) is 42.8. The highest BCUT2D eigenvalue weighted by molar-refractivity contribution is 5.99. The van der Waals surface area contributed by atoms with Gasteiger partial charge in [0.1, 0.15) is 23.5 Å². The van der Waals surface area contributed by atoms with Crippen molar-refractivity contribution < 1.29 is 33.9 Å². The van der Waals surface area contributed by atoms with Gasteiger partial charge in [-0.25, -0.2) is 0 Å². The van der Waals surface area contributed by atoms with E-state index in [1.165, 1.54) is 12.2 Å². The van der Waals surface area contributed by atoms with Crippen molar-refractivity contribution in [1.82, 2.24) is 0 Å². The molecule has 0 amide bonds. The van der Waals surface area contributed by atoms with Crippen LogP contribution in [0.4, 0.5) is 0 Å². The van der Waals surface area contributed by atoms with E-state index in [1.54, 1.807) is 27.7 Å². The number of carbonyl (C=O) groups excluding carboxylic acids is 6. The summed E-state index contributed by atoms with van der Waals surface area (Å²) in [6.45, 7) is 22.2. The molecule has 0 aliphatic carbocycles. The molecule has 1 N–H and O–H groups in total. The van der Waals surface area contributed by atoms with Crippen LogP contribution in [0.2, 0.25) is 0 Å². The Labute approximate surface area is 232 Å². The van der Waals surface area contributed by atoms with Crippen LogP contribution in [-0.2, 0) is 28.8 Å². The van der Waals surface area contributed by atoms with Gasteiger partial charge in [-0.3, -0.25) is 28.8 Å². The van der Waals surface area contributed by atoms with Gasteiger partial charge in [-0.05, 0) is 18.6 Å². The average molecular weight is 541 g/mol. The molecule has 0 heterocycles. The Kier molecular flexibility index (Phi) is 29.7. The molecule has 0 aliphatic heterocycles. The molecule has 38 heavy (non-hydrogen) atoms. The molecule has 0 fully saturated rings. The summed E-state index contributed by atoms with van der Waals surface area (Å²) in [7, 11) is 0. The minimum Gasteiger partial charge on any atom is -0.385 e. The summed E-state index contributed by atoms with van der Waals surface area (Å²) in [5, 5.41) is 9.17. The van der Waals surface area contributed by atoms with Gasteiger partial charge in [-0.1, -0.05) is 83.1 Å². The van der Waals surface area contributed by atoms with Crippen molar-refractivity contribution in [3.05, 3.63) is 12.2 Å². The van der Waals surface area contributed by atoms with E-state index in [0.717, 1.165) is 12.8 Å². The van der Waals surface area contributed by atoms with Gasteiger partial charge in [0.05, 0.1) is 0 Å². The van der Waals surface area contributed by atoms with Crippen molar-refractivity contribution in [2.75, 3.05) is 0 Å². The van der Waals surface area contributed by atoms with Gasteiger partial charge in [0.15, 0.2) is 17.3 Å². The van der Waals surface area contributed by atoms with E-state index in [2.05, 4.69) is 0 Å². The number of hydrogen-bond donors (Lipinski definition) is 1. The Balaban J connectivity index is -0.000000207. The smallest absolute Gasteiger partial charge is 0.161 e. The normalized spacial score (nSPS) is 11.2. The van der Waals surface area contributed by atoms with Crippen molar-refractivity contribution in [3.8, 4) is 0 Å². The summed E-state index contributed by atoms with van der Waals surface area (Å²) in [4.78, 5) is 64.8. The van der Waals surface area contributed by atoms with Crippen molar-refractivity contribution in [3.63, 3.8) is 0 Å². The molecular weight excluding hydrogens is 484 g/mol. The fourth-order valence-electron chi connectivity index (χ4n) is 2.20. The Hall–Kier alpha value is -2.28. The van der Waals surface area contributed by atoms with Gasteiger partial charge in [0.2, 0.25) is 0 Å². The predicted octanol–water partition coefficient (Wildman–Crippen LogP) is 6.32. The lowest BCUT2D eigenvalue weighted by atomic mass is 10.0. The Bertz CT molecular complexity index is 729. The molecule has 0 bridgehead atoms. The van der Waals surface area contributed by atoms with Gasteiger partial charge in [-0.2, -0.15) is 0 Å². The lowest BCUT2D eigenvalue weighted by Gasteiger charge is -2.08. The first-order chi connectivity index (χ1) is 17.4. The van der Waals surface area contributed by atoms with E-state index in [1.807, 2.05) is 55.4 Å². The van der Waals surface area contributed by atoms with E-state index in [9.17, 15) is 28.8 Å². The maximum atomic E-state index is 11.1. The van der Waals surface area contributed by atoms with Crippen LogP contribution in [0, 0.1) is 23.7 Å². The number of ketones is 6. The van der Waals surface area contributed by atoms with Crippen molar-refractivity contribution in [2.45, 2.75) is 128 Å². The number of carbonyl (C=O) groups is 6. The van der Waals surface area contributed by atoms with Crippen LogP contribution in [0.3, 0.4) is 0 Å². The second-order valence-corrected chi connectivity index (χ2v) is 10.2. The first-order valence-electron chi connectivity index (χ1n) is 14.0. The summed E-state index contributed by atoms with van der Waals surface area (Å²) >= 11 is 0. The van der Waals surface area contributed by atoms with Crippen molar-refractivity contribution in [1.29, 1.82) is 0 Å². The third-order valence-corrected chi connectivity index (χ3v) is 5.24. The molecule has 7 heteroatoms. The Morgan fingerprint density at radius 2 is 0.974 bits per heavy atom. The third kappa shape index (κ3) is 28.3. The minimum absolute atomic E-state index is 0.000926. The molecule has 0 aliphatic rings. The predicted molar refractivity (Wildman–Crippen MR) is 155 cm³/mol. The maximum Gasteiger partial charge on any atom is 0.161 e. The molecule has 1 atom stereocenters. The molecule has 0 aromatic rings. The van der Waals surface area contributed by atoms with Crippen LogP contribution >= 0.6 is 0 Å². The second-order valence-electron chi connectivity index (χ2n) is 10.2. The Morgan fingerprint density at radius 1 is 0.553 bits per heavy atom. The Morgan fingerprint density at radius 3 is 1.21 bits per heavy atom. The molecular formula is C31H56O7. The summed E-state index contributed by atoms with van der Waals surface area (Å²) < 4.78 is 0. The highest BCUT2D eigenvalue weighted by Crippen LogP contribution is 2.04. The lowest BCUT2D eigenvalue weighted by molar-refractivity contribution is -0.133. The van der Waals surface area contributed by atoms with E-state index < -0.39 is 6.10 Å². The molecule has 0 aromatic heterocycles. The topological polar surface area (TPSA) is 123 Å². The lowest BCUT2D eigenvalue weighted by Crippen LogP contribution is -2.24. The molecule has 0 radical (unpaired) electrons. The number of rotatable bonds is 14. The number of Topliss-reactive ketones (excluding diaryl/α,β-unsaturated/α-hetero) is 4. The fourth-order valence-corrected chi connectivity index (χ4v) is 2.20. The van der Waals surface area contributed by atoms with E-state index in [0.29, 0.717) is 24.4 Å². The molecule has 7 nitrogen and oxygen atoms in total. The van der Waals surface area contributed by atoms with Crippen LogP contribution in [-0.4, -0.2) is 45.9 Å². The molecule has 222 valence electrons. The molecule has 0 saturated heterocycles. The number of aliphatic hydroxyl groups excluding tert-OH is 1. The summed E-state index contributed by atoms with van der Waals surface area (Å²) in [6.07, 6.45) is 4.73. The first-order valence-corrected chi connectivity index (χ1v) is 14.0. The zero-order valence-corrected chi connectivity index (χ0v) is 26.2. The summed E-state index contributed by atoms with van der Waals surface area (Å²) in [6, 6.07) is 0. The van der Waals surface area contributed by atoms with Gasteiger partial charge < -0.3 is 5.11 Å². The van der Waals surface area contributed by atoms with Gasteiger partial charge >= 0.3 is 0 Å². The fraction of sp³-hybridized carbons (Fsp3) is 0.742. The number of allylic oxidation sites excluding steroid dienone is 2. The van der Waals surface area contributed by atoms with Crippen LogP contribution in [0.1, 0.15) is 122 Å². The summed E-state index contributed by atoms with van der Waals surface area (Å²) in [5.74, 6) is 0.742. The van der Waals surface area contributed by atoms with Gasteiger partial charge in [0.25, 0.3) is 0 Å². The van der Waals surface area contributed by atoms with Gasteiger partial charge in [0, 0.05) is 55.8 Å². The monoisotopic (exact) mass is 540 g/mol.